The van der Waals surface area contributed by atoms with Crippen molar-refractivity contribution in [1.82, 2.24) is 4.40 Å². The molecule has 0 saturated carbocycles. The van der Waals surface area contributed by atoms with E-state index in [1.54, 1.807) is 19.9 Å². The first-order chi connectivity index (χ1) is 11.0. The minimum Gasteiger partial charge on any atom is -0.465 e. The molecule has 0 aromatic carbocycles. The van der Waals surface area contributed by atoms with Gasteiger partial charge in [-0.25, -0.2) is 14.4 Å². The van der Waals surface area contributed by atoms with Crippen molar-refractivity contribution in [3.63, 3.8) is 0 Å². The van der Waals surface area contributed by atoms with Crippen molar-refractivity contribution in [3.05, 3.63) is 41.2 Å². The summed E-state index contributed by atoms with van der Waals surface area (Å²) in [5.74, 6) is -1.77. The van der Waals surface area contributed by atoms with Gasteiger partial charge in [0.25, 0.3) is 0 Å². The van der Waals surface area contributed by atoms with Crippen LogP contribution in [-0.4, -0.2) is 42.6 Å². The molecule has 0 fully saturated rings. The van der Waals surface area contributed by atoms with E-state index in [0.717, 1.165) is 0 Å². The number of nitrogens with zero attached hydrogens (tertiary/aromatic N) is 1. The van der Waals surface area contributed by atoms with Crippen LogP contribution in [0, 0.1) is 0 Å². The van der Waals surface area contributed by atoms with Crippen LogP contribution in [0.3, 0.4) is 0 Å². The summed E-state index contributed by atoms with van der Waals surface area (Å²) >= 11 is 0. The van der Waals surface area contributed by atoms with Crippen molar-refractivity contribution in [2.75, 3.05) is 20.3 Å². The number of esters is 3. The standard InChI is InChI=1S/C16H17NO6/c1-4-22-15(19)11-9-17-8-10(14(18)21-3)6-7-12(17)13(11)16(20)23-5-2/h6-9H,4-5H2,1-3H3. The van der Waals surface area contributed by atoms with Gasteiger partial charge in [-0.3, -0.25) is 0 Å². The van der Waals surface area contributed by atoms with Crippen LogP contribution in [0.2, 0.25) is 0 Å². The van der Waals surface area contributed by atoms with Crippen molar-refractivity contribution in [2.24, 2.45) is 0 Å². The number of carbonyl (C=O) groups excluding carboxylic acids is 3. The molecule has 2 rings (SSSR count). The maximum absolute atomic E-state index is 12.2. The fourth-order valence-corrected chi connectivity index (χ4v) is 2.20. The summed E-state index contributed by atoms with van der Waals surface area (Å²) in [6.07, 6.45) is 2.92. The third kappa shape index (κ3) is 3.18. The average Bonchev–Trinajstić information content (AvgIpc) is 2.93. The van der Waals surface area contributed by atoms with E-state index in [4.69, 9.17) is 9.47 Å². The summed E-state index contributed by atoms with van der Waals surface area (Å²) in [5.41, 5.74) is 0.939. The molecule has 23 heavy (non-hydrogen) atoms. The molecule has 7 heteroatoms. The zero-order chi connectivity index (χ0) is 17.0. The van der Waals surface area contributed by atoms with Crippen LogP contribution in [0.15, 0.2) is 24.5 Å². The molecule has 0 aliphatic rings. The molecule has 0 aliphatic carbocycles. The van der Waals surface area contributed by atoms with Gasteiger partial charge in [-0.2, -0.15) is 0 Å². The van der Waals surface area contributed by atoms with E-state index in [9.17, 15) is 14.4 Å². The van der Waals surface area contributed by atoms with Crippen LogP contribution < -0.4 is 0 Å². The van der Waals surface area contributed by atoms with E-state index in [0.29, 0.717) is 11.1 Å². The van der Waals surface area contributed by atoms with Gasteiger partial charge in [0.2, 0.25) is 0 Å². The van der Waals surface area contributed by atoms with Gasteiger partial charge in [0.15, 0.2) is 0 Å². The molecule has 0 aliphatic heterocycles. The Labute approximate surface area is 132 Å². The first-order valence-corrected chi connectivity index (χ1v) is 7.10. The van der Waals surface area contributed by atoms with Crippen molar-refractivity contribution >= 4 is 23.4 Å². The van der Waals surface area contributed by atoms with Gasteiger partial charge in [0.05, 0.1) is 42.5 Å². The number of rotatable bonds is 5. The highest BCUT2D eigenvalue weighted by Crippen LogP contribution is 2.22. The summed E-state index contributed by atoms with van der Waals surface area (Å²) in [6, 6.07) is 3.07. The Bertz CT molecular complexity index is 761. The number of carbonyl (C=O) groups is 3. The predicted octanol–water partition coefficient (Wildman–Crippen LogP) is 2.08. The van der Waals surface area contributed by atoms with Crippen molar-refractivity contribution < 1.29 is 28.6 Å². The largest absolute Gasteiger partial charge is 0.465 e. The molecule has 0 amide bonds. The Morgan fingerprint density at radius 2 is 1.61 bits per heavy atom. The van der Waals surface area contributed by atoms with Gasteiger partial charge in [-0.1, -0.05) is 0 Å². The maximum atomic E-state index is 12.2. The van der Waals surface area contributed by atoms with Crippen LogP contribution >= 0.6 is 0 Å². The van der Waals surface area contributed by atoms with Crippen LogP contribution in [0.4, 0.5) is 0 Å². The molecular weight excluding hydrogens is 302 g/mol. The average molecular weight is 319 g/mol. The van der Waals surface area contributed by atoms with E-state index in [-0.39, 0.29) is 24.3 Å². The van der Waals surface area contributed by atoms with Crippen LogP contribution in [0.5, 0.6) is 0 Å². The number of hydrogen-bond donors (Lipinski definition) is 0. The molecule has 2 aromatic rings. The van der Waals surface area contributed by atoms with E-state index in [2.05, 4.69) is 4.74 Å². The lowest BCUT2D eigenvalue weighted by molar-refractivity contribution is 0.0482. The second kappa shape index (κ2) is 6.95. The van der Waals surface area contributed by atoms with Gasteiger partial charge < -0.3 is 18.6 Å². The molecule has 0 saturated heterocycles. The van der Waals surface area contributed by atoms with E-state index in [1.807, 2.05) is 0 Å². The second-order valence-electron chi connectivity index (χ2n) is 4.56. The number of fused-ring (bicyclic) bond motifs is 1. The molecule has 0 N–H and O–H groups in total. The lowest BCUT2D eigenvalue weighted by Gasteiger charge is -2.05. The Morgan fingerprint density at radius 1 is 0.957 bits per heavy atom. The number of methoxy groups -OCH3 is 1. The normalized spacial score (nSPS) is 10.4. The highest BCUT2D eigenvalue weighted by molar-refractivity contribution is 6.08. The SMILES string of the molecule is CCOC(=O)c1cn2cc(C(=O)OC)ccc2c1C(=O)OCC. The van der Waals surface area contributed by atoms with E-state index in [1.165, 1.54) is 30.0 Å². The third-order valence-electron chi connectivity index (χ3n) is 3.17. The molecule has 2 aromatic heterocycles. The topological polar surface area (TPSA) is 83.3 Å². The highest BCUT2D eigenvalue weighted by atomic mass is 16.5. The summed E-state index contributed by atoms with van der Waals surface area (Å²) in [4.78, 5) is 35.9. The fourth-order valence-electron chi connectivity index (χ4n) is 2.20. The maximum Gasteiger partial charge on any atom is 0.341 e. The Balaban J connectivity index is 2.62. The van der Waals surface area contributed by atoms with E-state index < -0.39 is 17.9 Å². The molecular formula is C16H17NO6. The molecule has 7 nitrogen and oxygen atoms in total. The van der Waals surface area contributed by atoms with Gasteiger partial charge >= 0.3 is 17.9 Å². The van der Waals surface area contributed by atoms with Crippen LogP contribution in [0.25, 0.3) is 5.52 Å². The van der Waals surface area contributed by atoms with Crippen LogP contribution in [-0.2, 0) is 14.2 Å². The van der Waals surface area contributed by atoms with Gasteiger partial charge in [-0.05, 0) is 26.0 Å². The Hall–Kier alpha value is -2.83. The molecule has 122 valence electrons. The lowest BCUT2D eigenvalue weighted by atomic mass is 10.1. The summed E-state index contributed by atoms with van der Waals surface area (Å²) in [6.45, 7) is 3.71. The second-order valence-corrected chi connectivity index (χ2v) is 4.56. The van der Waals surface area contributed by atoms with Gasteiger partial charge in [0, 0.05) is 12.4 Å². The van der Waals surface area contributed by atoms with E-state index >= 15 is 0 Å². The predicted molar refractivity (Wildman–Crippen MR) is 80.6 cm³/mol. The highest BCUT2D eigenvalue weighted by Gasteiger charge is 2.25. The van der Waals surface area contributed by atoms with Crippen molar-refractivity contribution in [2.45, 2.75) is 13.8 Å². The van der Waals surface area contributed by atoms with Crippen molar-refractivity contribution in [3.8, 4) is 0 Å². The summed E-state index contributed by atoms with van der Waals surface area (Å²) in [7, 11) is 1.27. The zero-order valence-corrected chi connectivity index (χ0v) is 13.1. The number of pyridine rings is 1. The molecule has 2 heterocycles. The first-order valence-electron chi connectivity index (χ1n) is 7.10. The summed E-state index contributed by atoms with van der Waals surface area (Å²) < 4.78 is 16.1. The Morgan fingerprint density at radius 3 is 2.22 bits per heavy atom. The monoisotopic (exact) mass is 319 g/mol. The molecule has 0 bridgehead atoms. The number of aromatic nitrogens is 1. The van der Waals surface area contributed by atoms with Crippen LogP contribution in [0.1, 0.15) is 44.9 Å². The fraction of sp³-hybridized carbons (Fsp3) is 0.312. The number of ether oxygens (including phenoxy) is 3. The number of hydrogen-bond acceptors (Lipinski definition) is 6. The minimum atomic E-state index is -0.626. The van der Waals surface area contributed by atoms with Crippen molar-refractivity contribution in [1.29, 1.82) is 0 Å². The molecule has 0 radical (unpaired) electrons. The smallest absolute Gasteiger partial charge is 0.341 e. The lowest BCUT2D eigenvalue weighted by Crippen LogP contribution is -2.12. The molecule has 0 unspecified atom stereocenters. The minimum absolute atomic E-state index is 0.0901. The Kier molecular flexibility index (Phi) is 5.00. The molecule has 0 spiro atoms. The zero-order valence-electron chi connectivity index (χ0n) is 13.1. The molecule has 0 atom stereocenters. The quantitative estimate of drug-likeness (QED) is 0.620. The van der Waals surface area contributed by atoms with Gasteiger partial charge in [0.1, 0.15) is 0 Å². The summed E-state index contributed by atoms with van der Waals surface area (Å²) in [5, 5.41) is 0. The first kappa shape index (κ1) is 16.5. The van der Waals surface area contributed by atoms with Gasteiger partial charge in [-0.15, -0.1) is 0 Å². The third-order valence-corrected chi connectivity index (χ3v) is 3.17.